The molecule has 0 radical (unpaired) electrons. The highest BCUT2D eigenvalue weighted by molar-refractivity contribution is 5.86. The molecule has 1 nitrogen and oxygen atoms in total. The Bertz CT molecular complexity index is 474. The molecule has 0 aromatic heterocycles. The van der Waals surface area contributed by atoms with Gasteiger partial charge in [0.2, 0.25) is 0 Å². The van der Waals surface area contributed by atoms with E-state index < -0.39 is 0 Å². The number of aryl methyl sites for hydroxylation is 2. The second kappa shape index (κ2) is 5.13. The predicted octanol–water partition coefficient (Wildman–Crippen LogP) is 3.29. The maximum absolute atomic E-state index is 5.58. The van der Waals surface area contributed by atoms with Gasteiger partial charge in [-0.3, -0.25) is 0 Å². The second-order valence-electron chi connectivity index (χ2n) is 4.22. The Hall–Kier alpha value is -1.34. The fourth-order valence-electron chi connectivity index (χ4n) is 2.12. The molecule has 0 atom stereocenters. The van der Waals surface area contributed by atoms with Crippen LogP contribution >= 0.6 is 0 Å². The molecule has 2 rings (SSSR count). The molecule has 0 amide bonds. The third-order valence-electron chi connectivity index (χ3n) is 3.10. The summed E-state index contributed by atoms with van der Waals surface area (Å²) in [5.74, 6) is 0. The van der Waals surface area contributed by atoms with E-state index in [0.29, 0.717) is 0 Å². The van der Waals surface area contributed by atoms with Crippen LogP contribution in [0.3, 0.4) is 0 Å². The number of fused-ring (bicyclic) bond motifs is 1. The van der Waals surface area contributed by atoms with Gasteiger partial charge >= 0.3 is 0 Å². The van der Waals surface area contributed by atoms with Crippen molar-refractivity contribution in [3.8, 4) is 0 Å². The molecule has 84 valence electrons. The van der Waals surface area contributed by atoms with E-state index in [4.69, 9.17) is 5.73 Å². The number of hydrogen-bond donors (Lipinski definition) is 1. The van der Waals surface area contributed by atoms with Gasteiger partial charge in [-0.1, -0.05) is 43.3 Å². The smallest absolute Gasteiger partial charge is 0.00741 e. The lowest BCUT2D eigenvalue weighted by Gasteiger charge is -2.07. The van der Waals surface area contributed by atoms with E-state index in [9.17, 15) is 0 Å². The van der Waals surface area contributed by atoms with Crippen LogP contribution in [-0.2, 0) is 12.8 Å². The Morgan fingerprint density at radius 3 is 2.75 bits per heavy atom. The van der Waals surface area contributed by atoms with E-state index in [2.05, 4.69) is 43.3 Å². The standard InChI is InChI=1S/C15H19N/c1-2-12-8-9-14-6-3-5-13(7-4-10-16)15(14)11-12/h3,5-6,8-9,11H,2,4,7,10,16H2,1H3. The van der Waals surface area contributed by atoms with E-state index in [1.807, 2.05) is 0 Å². The van der Waals surface area contributed by atoms with Gasteiger partial charge in [0, 0.05) is 0 Å². The van der Waals surface area contributed by atoms with Gasteiger partial charge in [0.1, 0.15) is 0 Å². The van der Waals surface area contributed by atoms with E-state index in [1.165, 1.54) is 21.9 Å². The molecule has 0 saturated heterocycles. The van der Waals surface area contributed by atoms with E-state index in [0.717, 1.165) is 25.8 Å². The molecule has 16 heavy (non-hydrogen) atoms. The summed E-state index contributed by atoms with van der Waals surface area (Å²) in [6.07, 6.45) is 3.25. The lowest BCUT2D eigenvalue weighted by molar-refractivity contribution is 0.837. The molecule has 0 spiro atoms. The molecular weight excluding hydrogens is 194 g/mol. The first-order valence-electron chi connectivity index (χ1n) is 6.05. The largest absolute Gasteiger partial charge is 0.330 e. The van der Waals surface area contributed by atoms with Crippen LogP contribution in [0.5, 0.6) is 0 Å². The van der Waals surface area contributed by atoms with Crippen LogP contribution < -0.4 is 5.73 Å². The Balaban J connectivity index is 2.46. The minimum Gasteiger partial charge on any atom is -0.330 e. The van der Waals surface area contributed by atoms with Crippen molar-refractivity contribution in [3.63, 3.8) is 0 Å². The predicted molar refractivity (Wildman–Crippen MR) is 70.7 cm³/mol. The fourth-order valence-corrected chi connectivity index (χ4v) is 2.12. The summed E-state index contributed by atoms with van der Waals surface area (Å²) in [6, 6.07) is 13.3. The molecule has 0 heterocycles. The topological polar surface area (TPSA) is 26.0 Å². The Kier molecular flexibility index (Phi) is 3.58. The van der Waals surface area contributed by atoms with Crippen molar-refractivity contribution >= 4 is 10.8 Å². The maximum atomic E-state index is 5.58. The maximum Gasteiger partial charge on any atom is -0.00741 e. The third kappa shape index (κ3) is 2.25. The first kappa shape index (κ1) is 11.2. The van der Waals surface area contributed by atoms with Gasteiger partial charge in [-0.25, -0.2) is 0 Å². The summed E-state index contributed by atoms with van der Waals surface area (Å²) in [7, 11) is 0. The van der Waals surface area contributed by atoms with Crippen molar-refractivity contribution < 1.29 is 0 Å². The van der Waals surface area contributed by atoms with E-state index >= 15 is 0 Å². The first-order valence-corrected chi connectivity index (χ1v) is 6.05. The second-order valence-corrected chi connectivity index (χ2v) is 4.22. The Labute approximate surface area is 97.3 Å². The van der Waals surface area contributed by atoms with Crippen LogP contribution in [0.25, 0.3) is 10.8 Å². The SMILES string of the molecule is CCc1ccc2cccc(CCCN)c2c1. The molecular formula is C15H19N. The lowest BCUT2D eigenvalue weighted by atomic mass is 9.98. The number of hydrogen-bond acceptors (Lipinski definition) is 1. The molecule has 0 aliphatic carbocycles. The molecule has 1 heteroatoms. The zero-order valence-corrected chi connectivity index (χ0v) is 9.87. The molecule has 0 bridgehead atoms. The summed E-state index contributed by atoms with van der Waals surface area (Å²) in [5.41, 5.74) is 8.42. The number of rotatable bonds is 4. The van der Waals surface area contributed by atoms with Crippen LogP contribution in [0.15, 0.2) is 36.4 Å². The van der Waals surface area contributed by atoms with E-state index in [-0.39, 0.29) is 0 Å². The summed E-state index contributed by atoms with van der Waals surface area (Å²) in [5, 5.41) is 2.74. The monoisotopic (exact) mass is 213 g/mol. The summed E-state index contributed by atoms with van der Waals surface area (Å²) in [6.45, 7) is 2.97. The van der Waals surface area contributed by atoms with Crippen LogP contribution in [0, 0.1) is 0 Å². The van der Waals surface area contributed by atoms with Gasteiger partial charge < -0.3 is 5.73 Å². The Morgan fingerprint density at radius 1 is 1.12 bits per heavy atom. The van der Waals surface area contributed by atoms with Gasteiger partial charge in [0.15, 0.2) is 0 Å². The van der Waals surface area contributed by atoms with Crippen LogP contribution in [-0.4, -0.2) is 6.54 Å². The molecule has 0 saturated carbocycles. The van der Waals surface area contributed by atoms with Crippen molar-refractivity contribution in [1.29, 1.82) is 0 Å². The summed E-state index contributed by atoms with van der Waals surface area (Å²) < 4.78 is 0. The van der Waals surface area contributed by atoms with Crippen molar-refractivity contribution in [3.05, 3.63) is 47.5 Å². The Morgan fingerprint density at radius 2 is 2.00 bits per heavy atom. The molecule has 0 aliphatic heterocycles. The van der Waals surface area contributed by atoms with Crippen LogP contribution in [0.2, 0.25) is 0 Å². The highest BCUT2D eigenvalue weighted by atomic mass is 14.5. The quantitative estimate of drug-likeness (QED) is 0.828. The van der Waals surface area contributed by atoms with Gasteiger partial charge in [-0.15, -0.1) is 0 Å². The first-order chi connectivity index (χ1) is 7.85. The molecule has 2 N–H and O–H groups in total. The van der Waals surface area contributed by atoms with Crippen molar-refractivity contribution in [2.75, 3.05) is 6.54 Å². The van der Waals surface area contributed by atoms with Crippen LogP contribution in [0.1, 0.15) is 24.5 Å². The normalized spacial score (nSPS) is 10.9. The van der Waals surface area contributed by atoms with E-state index in [1.54, 1.807) is 0 Å². The zero-order chi connectivity index (χ0) is 11.4. The summed E-state index contributed by atoms with van der Waals surface area (Å²) >= 11 is 0. The highest BCUT2D eigenvalue weighted by Crippen LogP contribution is 2.21. The average molecular weight is 213 g/mol. The van der Waals surface area contributed by atoms with Gasteiger partial charge in [0.25, 0.3) is 0 Å². The van der Waals surface area contributed by atoms with Crippen molar-refractivity contribution in [2.24, 2.45) is 5.73 Å². The van der Waals surface area contributed by atoms with Gasteiger partial charge in [0.05, 0.1) is 0 Å². The van der Waals surface area contributed by atoms with Crippen molar-refractivity contribution in [1.82, 2.24) is 0 Å². The average Bonchev–Trinajstić information content (AvgIpc) is 2.35. The van der Waals surface area contributed by atoms with Crippen molar-refractivity contribution in [2.45, 2.75) is 26.2 Å². The number of nitrogens with two attached hydrogens (primary N) is 1. The fraction of sp³-hybridized carbons (Fsp3) is 0.333. The lowest BCUT2D eigenvalue weighted by Crippen LogP contribution is -2.00. The molecule has 2 aromatic carbocycles. The highest BCUT2D eigenvalue weighted by Gasteiger charge is 2.01. The third-order valence-corrected chi connectivity index (χ3v) is 3.10. The zero-order valence-electron chi connectivity index (χ0n) is 9.87. The van der Waals surface area contributed by atoms with Gasteiger partial charge in [-0.05, 0) is 47.7 Å². The summed E-state index contributed by atoms with van der Waals surface area (Å²) in [4.78, 5) is 0. The molecule has 2 aromatic rings. The van der Waals surface area contributed by atoms with Gasteiger partial charge in [-0.2, -0.15) is 0 Å². The minimum absolute atomic E-state index is 0.768. The van der Waals surface area contributed by atoms with Crippen LogP contribution in [0.4, 0.5) is 0 Å². The minimum atomic E-state index is 0.768. The molecule has 0 fully saturated rings. The molecule has 0 aliphatic rings. The molecule has 0 unspecified atom stereocenters. The number of benzene rings is 2.